The summed E-state index contributed by atoms with van der Waals surface area (Å²) < 4.78 is 0. The zero-order valence-corrected chi connectivity index (χ0v) is 16.1. The minimum Gasteiger partial charge on any atom is -0.345 e. The molecule has 1 unspecified atom stereocenters. The van der Waals surface area contributed by atoms with Crippen LogP contribution in [-0.2, 0) is 15.3 Å². The third-order valence-electron chi connectivity index (χ3n) is 5.63. The summed E-state index contributed by atoms with van der Waals surface area (Å²) in [5.74, 6) is 1.91. The van der Waals surface area contributed by atoms with Gasteiger partial charge in [-0.2, -0.15) is 0 Å². The maximum absolute atomic E-state index is 12.7. The van der Waals surface area contributed by atoms with Gasteiger partial charge in [-0.3, -0.25) is 9.59 Å². The van der Waals surface area contributed by atoms with Gasteiger partial charge in [0.2, 0.25) is 11.8 Å². The lowest BCUT2D eigenvalue weighted by atomic mass is 9.73. The molecular weight excluding hydrogens is 332 g/mol. The highest BCUT2D eigenvalue weighted by Crippen LogP contribution is 2.38. The van der Waals surface area contributed by atoms with E-state index in [0.717, 1.165) is 44.6 Å². The number of hydrogen-bond acceptors (Lipinski definition) is 3. The maximum Gasteiger partial charge on any atom is 0.232 e. The number of likely N-dealkylation sites (tertiary alicyclic amines) is 2. The van der Waals surface area contributed by atoms with Crippen molar-refractivity contribution in [1.82, 2.24) is 9.80 Å². The number of nitrogens with zero attached hydrogens (tertiary/aromatic N) is 2. The molecule has 136 valence electrons. The first kappa shape index (κ1) is 18.3. The molecule has 1 spiro atoms. The summed E-state index contributed by atoms with van der Waals surface area (Å²) in [7, 11) is 1.89. The smallest absolute Gasteiger partial charge is 0.232 e. The SMILES string of the molecule is Cc1ccccc1CSCC(=O)N1CCCC2(CCC(=O)N(C)C2)C1. The van der Waals surface area contributed by atoms with Crippen LogP contribution < -0.4 is 0 Å². The Bertz CT molecular complexity index is 648. The number of benzene rings is 1. The number of hydrogen-bond donors (Lipinski definition) is 0. The van der Waals surface area contributed by atoms with Crippen molar-refractivity contribution in [2.45, 2.75) is 38.4 Å². The van der Waals surface area contributed by atoms with Crippen LogP contribution in [0.15, 0.2) is 24.3 Å². The Hall–Kier alpha value is -1.49. The molecule has 0 bridgehead atoms. The molecule has 0 aliphatic carbocycles. The van der Waals surface area contributed by atoms with Crippen LogP contribution in [0.1, 0.15) is 36.8 Å². The van der Waals surface area contributed by atoms with Gasteiger partial charge < -0.3 is 9.80 Å². The Morgan fingerprint density at radius 2 is 2.04 bits per heavy atom. The molecule has 2 fully saturated rings. The first-order chi connectivity index (χ1) is 12.0. The summed E-state index contributed by atoms with van der Waals surface area (Å²) in [5, 5.41) is 0. The van der Waals surface area contributed by atoms with E-state index >= 15 is 0 Å². The van der Waals surface area contributed by atoms with E-state index < -0.39 is 0 Å². The lowest BCUT2D eigenvalue weighted by Crippen LogP contribution is -2.54. The van der Waals surface area contributed by atoms with E-state index in [1.54, 1.807) is 11.8 Å². The number of rotatable bonds is 4. The first-order valence-electron chi connectivity index (χ1n) is 9.13. The molecule has 4 nitrogen and oxygen atoms in total. The highest BCUT2D eigenvalue weighted by molar-refractivity contribution is 7.99. The van der Waals surface area contributed by atoms with E-state index in [2.05, 4.69) is 25.1 Å². The molecule has 0 aromatic heterocycles. The first-order valence-corrected chi connectivity index (χ1v) is 10.3. The number of thioether (sulfide) groups is 1. The third kappa shape index (κ3) is 4.38. The van der Waals surface area contributed by atoms with Gasteiger partial charge in [0.25, 0.3) is 0 Å². The standard InChI is InChI=1S/C20H28N2O2S/c1-16-6-3-4-7-17(16)12-25-13-19(24)22-11-5-9-20(15-22)10-8-18(23)21(2)14-20/h3-4,6-7H,5,8-15H2,1-2H3. The van der Waals surface area contributed by atoms with E-state index in [4.69, 9.17) is 0 Å². The minimum absolute atomic E-state index is 0.122. The molecule has 5 heteroatoms. The quantitative estimate of drug-likeness (QED) is 0.828. The molecule has 2 amide bonds. The topological polar surface area (TPSA) is 40.6 Å². The van der Waals surface area contributed by atoms with Crippen LogP contribution in [0.5, 0.6) is 0 Å². The Morgan fingerprint density at radius 3 is 2.80 bits per heavy atom. The van der Waals surface area contributed by atoms with Crippen molar-refractivity contribution in [3.63, 3.8) is 0 Å². The molecule has 0 saturated carbocycles. The second-order valence-electron chi connectivity index (χ2n) is 7.59. The van der Waals surface area contributed by atoms with E-state index in [1.807, 2.05) is 22.9 Å². The zero-order chi connectivity index (χ0) is 17.9. The van der Waals surface area contributed by atoms with Crippen molar-refractivity contribution in [3.8, 4) is 0 Å². The van der Waals surface area contributed by atoms with Crippen molar-refractivity contribution >= 4 is 23.6 Å². The molecule has 0 radical (unpaired) electrons. The fraction of sp³-hybridized carbons (Fsp3) is 0.600. The Balaban J connectivity index is 1.52. The van der Waals surface area contributed by atoms with Crippen molar-refractivity contribution in [2.24, 2.45) is 5.41 Å². The van der Waals surface area contributed by atoms with E-state index in [9.17, 15) is 9.59 Å². The van der Waals surface area contributed by atoms with Gasteiger partial charge in [0.05, 0.1) is 5.75 Å². The number of piperidine rings is 2. The molecule has 2 saturated heterocycles. The summed E-state index contributed by atoms with van der Waals surface area (Å²) in [4.78, 5) is 28.3. The van der Waals surface area contributed by atoms with Gasteiger partial charge >= 0.3 is 0 Å². The van der Waals surface area contributed by atoms with Crippen molar-refractivity contribution < 1.29 is 9.59 Å². The third-order valence-corrected chi connectivity index (χ3v) is 6.59. The van der Waals surface area contributed by atoms with E-state index in [0.29, 0.717) is 12.2 Å². The molecule has 2 aliphatic rings. The zero-order valence-electron chi connectivity index (χ0n) is 15.3. The molecule has 3 rings (SSSR count). The van der Waals surface area contributed by atoms with Crippen LogP contribution in [0.25, 0.3) is 0 Å². The van der Waals surface area contributed by atoms with Crippen LogP contribution in [0.3, 0.4) is 0 Å². The molecule has 25 heavy (non-hydrogen) atoms. The number of amides is 2. The summed E-state index contributed by atoms with van der Waals surface area (Å²) in [6.07, 6.45) is 3.73. The van der Waals surface area contributed by atoms with Gasteiger partial charge in [0, 0.05) is 44.3 Å². The van der Waals surface area contributed by atoms with Gasteiger partial charge in [0.15, 0.2) is 0 Å². The van der Waals surface area contributed by atoms with Gasteiger partial charge in [-0.15, -0.1) is 11.8 Å². The fourth-order valence-corrected chi connectivity index (χ4v) is 5.10. The van der Waals surface area contributed by atoms with Crippen LogP contribution >= 0.6 is 11.8 Å². The Morgan fingerprint density at radius 1 is 1.24 bits per heavy atom. The monoisotopic (exact) mass is 360 g/mol. The fourth-order valence-electron chi connectivity index (χ4n) is 4.10. The summed E-state index contributed by atoms with van der Waals surface area (Å²) >= 11 is 1.70. The second-order valence-corrected chi connectivity index (χ2v) is 8.57. The Labute approximate surface area is 154 Å². The van der Waals surface area contributed by atoms with Gasteiger partial charge in [0.1, 0.15) is 0 Å². The predicted octanol–water partition coefficient (Wildman–Crippen LogP) is 3.09. The number of aryl methyl sites for hydroxylation is 1. The predicted molar refractivity (Wildman–Crippen MR) is 102 cm³/mol. The summed E-state index contributed by atoms with van der Waals surface area (Å²) in [6.45, 7) is 4.59. The summed E-state index contributed by atoms with van der Waals surface area (Å²) in [5.41, 5.74) is 2.72. The lowest BCUT2D eigenvalue weighted by molar-refractivity contribution is -0.140. The second kappa shape index (κ2) is 7.81. The number of carbonyl (C=O) groups excluding carboxylic acids is 2. The van der Waals surface area contributed by atoms with E-state index in [1.165, 1.54) is 11.1 Å². The molecule has 0 N–H and O–H groups in total. The minimum atomic E-state index is 0.122. The van der Waals surface area contributed by atoms with Crippen molar-refractivity contribution in [2.75, 3.05) is 32.4 Å². The van der Waals surface area contributed by atoms with Crippen LogP contribution in [0.2, 0.25) is 0 Å². The van der Waals surface area contributed by atoms with Crippen molar-refractivity contribution in [1.29, 1.82) is 0 Å². The largest absolute Gasteiger partial charge is 0.345 e. The average Bonchev–Trinajstić information content (AvgIpc) is 2.60. The lowest BCUT2D eigenvalue weighted by Gasteiger charge is -2.47. The average molecular weight is 361 g/mol. The van der Waals surface area contributed by atoms with Gasteiger partial charge in [-0.25, -0.2) is 0 Å². The van der Waals surface area contributed by atoms with Crippen molar-refractivity contribution in [3.05, 3.63) is 35.4 Å². The maximum atomic E-state index is 12.7. The van der Waals surface area contributed by atoms with E-state index in [-0.39, 0.29) is 17.2 Å². The molecule has 1 aromatic carbocycles. The van der Waals surface area contributed by atoms with Gasteiger partial charge in [-0.05, 0) is 37.3 Å². The normalized spacial score (nSPS) is 24.0. The number of carbonyl (C=O) groups is 2. The van der Waals surface area contributed by atoms with Gasteiger partial charge in [-0.1, -0.05) is 24.3 Å². The highest BCUT2D eigenvalue weighted by Gasteiger charge is 2.41. The molecule has 1 atom stereocenters. The summed E-state index contributed by atoms with van der Waals surface area (Å²) in [6, 6.07) is 8.36. The molecule has 2 heterocycles. The highest BCUT2D eigenvalue weighted by atomic mass is 32.2. The molecule has 1 aromatic rings. The Kier molecular flexibility index (Phi) is 5.72. The van der Waals surface area contributed by atoms with Crippen LogP contribution in [0, 0.1) is 12.3 Å². The van der Waals surface area contributed by atoms with Crippen LogP contribution in [-0.4, -0.2) is 54.0 Å². The molecule has 2 aliphatic heterocycles. The van der Waals surface area contributed by atoms with Crippen LogP contribution in [0.4, 0.5) is 0 Å². The molecular formula is C20H28N2O2S.